The highest BCUT2D eigenvalue weighted by Crippen LogP contribution is 2.28. The molecule has 0 amide bonds. The van der Waals surface area contributed by atoms with Crippen LogP contribution in [0.5, 0.6) is 5.75 Å². The standard InChI is InChI=1S/C9H8BrClO3/c1-5(9(12)13)14-8-4-6(10)2-3-7(8)11/h2-5H,1H3,(H,12,13)/t5-/m0/s1. The van der Waals surface area contributed by atoms with E-state index in [2.05, 4.69) is 15.9 Å². The SMILES string of the molecule is C[C@H](Oc1cc(Br)ccc1Cl)C(=O)O. The molecule has 0 aliphatic heterocycles. The number of hydrogen-bond donors (Lipinski definition) is 1. The minimum Gasteiger partial charge on any atom is -0.479 e. The number of hydrogen-bond acceptors (Lipinski definition) is 2. The van der Waals surface area contributed by atoms with Crippen molar-refractivity contribution in [3.8, 4) is 5.75 Å². The van der Waals surface area contributed by atoms with Crippen LogP contribution < -0.4 is 4.74 Å². The van der Waals surface area contributed by atoms with Crippen LogP contribution in [0.2, 0.25) is 5.02 Å². The van der Waals surface area contributed by atoms with Gasteiger partial charge in [0.2, 0.25) is 0 Å². The largest absolute Gasteiger partial charge is 0.479 e. The van der Waals surface area contributed by atoms with E-state index in [1.54, 1.807) is 18.2 Å². The maximum Gasteiger partial charge on any atom is 0.344 e. The second kappa shape index (κ2) is 4.66. The lowest BCUT2D eigenvalue weighted by Crippen LogP contribution is -2.22. The number of carbonyl (C=O) groups is 1. The first kappa shape index (κ1) is 11.3. The number of rotatable bonds is 3. The van der Waals surface area contributed by atoms with Crippen molar-refractivity contribution in [1.29, 1.82) is 0 Å². The summed E-state index contributed by atoms with van der Waals surface area (Å²) in [5.41, 5.74) is 0. The topological polar surface area (TPSA) is 46.5 Å². The normalized spacial score (nSPS) is 12.2. The molecule has 0 spiro atoms. The van der Waals surface area contributed by atoms with E-state index < -0.39 is 12.1 Å². The average Bonchev–Trinajstić information content (AvgIpc) is 2.11. The Hall–Kier alpha value is -0.740. The van der Waals surface area contributed by atoms with Gasteiger partial charge in [0.05, 0.1) is 5.02 Å². The summed E-state index contributed by atoms with van der Waals surface area (Å²) in [6.07, 6.45) is -0.915. The molecule has 5 heteroatoms. The molecule has 1 rings (SSSR count). The Morgan fingerprint density at radius 1 is 1.64 bits per heavy atom. The number of carboxylic acids is 1. The van der Waals surface area contributed by atoms with Crippen LogP contribution in [0, 0.1) is 0 Å². The summed E-state index contributed by atoms with van der Waals surface area (Å²) in [6, 6.07) is 5.01. The Morgan fingerprint density at radius 2 is 2.29 bits per heavy atom. The first-order valence-electron chi connectivity index (χ1n) is 3.85. The van der Waals surface area contributed by atoms with Gasteiger partial charge in [0.15, 0.2) is 6.10 Å². The fraction of sp³-hybridized carbons (Fsp3) is 0.222. The number of ether oxygens (including phenoxy) is 1. The van der Waals surface area contributed by atoms with Crippen LogP contribution >= 0.6 is 27.5 Å². The van der Waals surface area contributed by atoms with Gasteiger partial charge >= 0.3 is 5.97 Å². The Balaban J connectivity index is 2.85. The van der Waals surface area contributed by atoms with Crippen LogP contribution in [0.4, 0.5) is 0 Å². The summed E-state index contributed by atoms with van der Waals surface area (Å²) in [7, 11) is 0. The van der Waals surface area contributed by atoms with Gasteiger partial charge < -0.3 is 9.84 Å². The van der Waals surface area contributed by atoms with Gasteiger partial charge in [0.25, 0.3) is 0 Å². The zero-order valence-electron chi connectivity index (χ0n) is 7.33. The van der Waals surface area contributed by atoms with E-state index in [0.29, 0.717) is 10.8 Å². The van der Waals surface area contributed by atoms with Gasteiger partial charge in [-0.2, -0.15) is 0 Å². The summed E-state index contributed by atoms with van der Waals surface area (Å²) in [6.45, 7) is 1.44. The maximum atomic E-state index is 10.5. The van der Waals surface area contributed by atoms with Crippen LogP contribution in [0.25, 0.3) is 0 Å². The summed E-state index contributed by atoms with van der Waals surface area (Å²) in [4.78, 5) is 10.5. The zero-order valence-corrected chi connectivity index (χ0v) is 9.67. The van der Waals surface area contributed by atoms with Gasteiger partial charge in [-0.25, -0.2) is 4.79 Å². The number of carboxylic acid groups (broad SMARTS) is 1. The van der Waals surface area contributed by atoms with E-state index in [0.717, 1.165) is 4.47 Å². The van der Waals surface area contributed by atoms with E-state index in [1.165, 1.54) is 6.92 Å². The molecule has 0 fully saturated rings. The van der Waals surface area contributed by atoms with Gasteiger partial charge in [-0.3, -0.25) is 0 Å². The van der Waals surface area contributed by atoms with Gasteiger partial charge in [-0.05, 0) is 25.1 Å². The van der Waals surface area contributed by atoms with E-state index in [4.69, 9.17) is 21.4 Å². The van der Waals surface area contributed by atoms with Gasteiger partial charge in [0, 0.05) is 4.47 Å². The van der Waals surface area contributed by atoms with Crippen molar-refractivity contribution < 1.29 is 14.6 Å². The molecule has 1 aromatic rings. The van der Waals surface area contributed by atoms with Gasteiger partial charge in [-0.15, -0.1) is 0 Å². The van der Waals surface area contributed by atoms with Crippen LogP contribution in [-0.4, -0.2) is 17.2 Å². The summed E-state index contributed by atoms with van der Waals surface area (Å²) in [5.74, 6) is -0.669. The molecule has 1 atom stereocenters. The number of aliphatic carboxylic acids is 1. The second-order valence-electron chi connectivity index (χ2n) is 2.67. The maximum absolute atomic E-state index is 10.5. The fourth-order valence-corrected chi connectivity index (χ4v) is 1.31. The van der Waals surface area contributed by atoms with Gasteiger partial charge in [0.1, 0.15) is 5.75 Å². The highest BCUT2D eigenvalue weighted by molar-refractivity contribution is 9.10. The molecule has 0 aliphatic rings. The monoisotopic (exact) mass is 278 g/mol. The number of halogens is 2. The van der Waals surface area contributed by atoms with Crippen LogP contribution in [0.3, 0.4) is 0 Å². The lowest BCUT2D eigenvalue weighted by molar-refractivity contribution is -0.144. The Kier molecular flexibility index (Phi) is 3.77. The molecular weight excluding hydrogens is 271 g/mol. The van der Waals surface area contributed by atoms with E-state index >= 15 is 0 Å². The zero-order chi connectivity index (χ0) is 10.7. The summed E-state index contributed by atoms with van der Waals surface area (Å²) in [5, 5.41) is 9.01. The van der Waals surface area contributed by atoms with Crippen LogP contribution in [0.1, 0.15) is 6.92 Å². The Bertz CT molecular complexity index is 354. The lowest BCUT2D eigenvalue weighted by Gasteiger charge is -2.11. The summed E-state index contributed by atoms with van der Waals surface area (Å²) >= 11 is 9.04. The van der Waals surface area contributed by atoms with Crippen molar-refractivity contribution in [3.05, 3.63) is 27.7 Å². The molecule has 3 nitrogen and oxygen atoms in total. The molecule has 0 aromatic heterocycles. The average molecular weight is 280 g/mol. The van der Waals surface area contributed by atoms with Crippen molar-refractivity contribution in [2.24, 2.45) is 0 Å². The highest BCUT2D eigenvalue weighted by Gasteiger charge is 2.14. The molecule has 14 heavy (non-hydrogen) atoms. The lowest BCUT2D eigenvalue weighted by atomic mass is 10.3. The van der Waals surface area contributed by atoms with Crippen molar-refractivity contribution in [3.63, 3.8) is 0 Å². The van der Waals surface area contributed by atoms with Gasteiger partial charge in [-0.1, -0.05) is 27.5 Å². The quantitative estimate of drug-likeness (QED) is 0.925. The molecule has 0 saturated heterocycles. The third kappa shape index (κ3) is 2.89. The third-order valence-electron chi connectivity index (χ3n) is 1.54. The van der Waals surface area contributed by atoms with Crippen molar-refractivity contribution in [1.82, 2.24) is 0 Å². The predicted molar refractivity (Wildman–Crippen MR) is 56.9 cm³/mol. The second-order valence-corrected chi connectivity index (χ2v) is 4.00. The highest BCUT2D eigenvalue weighted by atomic mass is 79.9. The molecule has 76 valence electrons. The van der Waals surface area contributed by atoms with Crippen LogP contribution in [0.15, 0.2) is 22.7 Å². The molecule has 1 aromatic carbocycles. The molecule has 0 saturated carbocycles. The fourth-order valence-electron chi connectivity index (χ4n) is 0.808. The van der Waals surface area contributed by atoms with Crippen LogP contribution in [-0.2, 0) is 4.79 Å². The first-order valence-corrected chi connectivity index (χ1v) is 5.02. The van der Waals surface area contributed by atoms with Crippen molar-refractivity contribution in [2.45, 2.75) is 13.0 Å². The molecule has 0 bridgehead atoms. The minimum atomic E-state index is -1.03. The summed E-state index contributed by atoms with van der Waals surface area (Å²) < 4.78 is 5.91. The van der Waals surface area contributed by atoms with E-state index in [9.17, 15) is 4.79 Å². The smallest absolute Gasteiger partial charge is 0.344 e. The molecule has 0 unspecified atom stereocenters. The minimum absolute atomic E-state index is 0.357. The molecule has 1 N–H and O–H groups in total. The molecular formula is C9H8BrClO3. The third-order valence-corrected chi connectivity index (χ3v) is 2.35. The molecule has 0 aliphatic carbocycles. The van der Waals surface area contributed by atoms with E-state index in [-0.39, 0.29) is 0 Å². The van der Waals surface area contributed by atoms with E-state index in [1.807, 2.05) is 0 Å². The predicted octanol–water partition coefficient (Wildman–Crippen LogP) is 2.95. The molecule has 0 radical (unpaired) electrons. The first-order chi connectivity index (χ1) is 6.50. The number of benzene rings is 1. The Morgan fingerprint density at radius 3 is 2.86 bits per heavy atom. The van der Waals surface area contributed by atoms with Crippen molar-refractivity contribution >= 4 is 33.5 Å². The Labute approximate surface area is 94.8 Å². The molecule has 0 heterocycles. The van der Waals surface area contributed by atoms with Crippen molar-refractivity contribution in [2.75, 3.05) is 0 Å².